The van der Waals surface area contributed by atoms with Gasteiger partial charge in [-0.15, -0.1) is 11.3 Å². The minimum absolute atomic E-state index is 0.0882. The van der Waals surface area contributed by atoms with Crippen LogP contribution in [-0.4, -0.2) is 54.3 Å². The molecule has 1 amide bonds. The molecule has 0 bridgehead atoms. The molecule has 0 aromatic carbocycles. The van der Waals surface area contributed by atoms with Gasteiger partial charge in [-0.3, -0.25) is 4.79 Å². The summed E-state index contributed by atoms with van der Waals surface area (Å²) < 4.78 is 4.89. The third-order valence-corrected chi connectivity index (χ3v) is 2.64. The molecule has 0 aliphatic heterocycles. The molecule has 0 saturated carbocycles. The molecule has 0 spiro atoms. The number of anilines is 1. The van der Waals surface area contributed by atoms with E-state index >= 15 is 0 Å². The monoisotopic (exact) mass is 245 g/mol. The number of carbonyl (C=O) groups excluding carboxylic acids is 1. The van der Waals surface area contributed by atoms with E-state index in [0.29, 0.717) is 24.0 Å². The summed E-state index contributed by atoms with van der Waals surface area (Å²) in [6.45, 7) is 1.02. The SMILES string of the molecule is COCCN(CCO)C(=O)c1csc(N)n1. The van der Waals surface area contributed by atoms with Crippen molar-refractivity contribution in [3.63, 3.8) is 0 Å². The van der Waals surface area contributed by atoms with E-state index in [1.54, 1.807) is 12.5 Å². The van der Waals surface area contributed by atoms with E-state index in [9.17, 15) is 4.79 Å². The van der Waals surface area contributed by atoms with Crippen LogP contribution in [0.2, 0.25) is 0 Å². The Bertz CT molecular complexity index is 342. The van der Waals surface area contributed by atoms with Crippen LogP contribution in [0, 0.1) is 0 Å². The third-order valence-electron chi connectivity index (χ3n) is 1.96. The fourth-order valence-electron chi connectivity index (χ4n) is 1.18. The number of rotatable bonds is 6. The molecule has 1 rings (SSSR count). The average molecular weight is 245 g/mol. The molecule has 0 saturated heterocycles. The number of amides is 1. The minimum atomic E-state index is -0.237. The number of aromatic nitrogens is 1. The Kier molecular flexibility index (Phi) is 5.17. The number of carbonyl (C=O) groups is 1. The maximum absolute atomic E-state index is 11.9. The van der Waals surface area contributed by atoms with Gasteiger partial charge >= 0.3 is 0 Å². The van der Waals surface area contributed by atoms with Crippen molar-refractivity contribution in [3.8, 4) is 0 Å². The summed E-state index contributed by atoms with van der Waals surface area (Å²) in [6, 6.07) is 0. The first kappa shape index (κ1) is 12.9. The van der Waals surface area contributed by atoms with E-state index in [0.717, 1.165) is 0 Å². The molecule has 3 N–H and O–H groups in total. The number of nitrogens with zero attached hydrogens (tertiary/aromatic N) is 2. The Labute approximate surface area is 97.7 Å². The highest BCUT2D eigenvalue weighted by Crippen LogP contribution is 2.12. The quantitative estimate of drug-likeness (QED) is 0.725. The Morgan fingerprint density at radius 3 is 2.94 bits per heavy atom. The first-order chi connectivity index (χ1) is 7.69. The predicted octanol–water partition coefficient (Wildman–Crippen LogP) is -0.194. The zero-order valence-electron chi connectivity index (χ0n) is 9.05. The second kappa shape index (κ2) is 6.41. The van der Waals surface area contributed by atoms with E-state index in [1.165, 1.54) is 16.2 Å². The van der Waals surface area contributed by atoms with Gasteiger partial charge in [0.05, 0.1) is 13.2 Å². The van der Waals surface area contributed by atoms with Gasteiger partial charge in [0.2, 0.25) is 0 Å². The molecule has 0 unspecified atom stereocenters. The molecule has 0 fully saturated rings. The van der Waals surface area contributed by atoms with Crippen molar-refractivity contribution in [2.24, 2.45) is 0 Å². The van der Waals surface area contributed by atoms with E-state index in [-0.39, 0.29) is 19.1 Å². The molecule has 0 aliphatic rings. The van der Waals surface area contributed by atoms with Gasteiger partial charge in [-0.05, 0) is 0 Å². The van der Waals surface area contributed by atoms with Crippen molar-refractivity contribution < 1.29 is 14.6 Å². The summed E-state index contributed by atoms with van der Waals surface area (Å²) in [4.78, 5) is 17.3. The maximum Gasteiger partial charge on any atom is 0.273 e. The molecule has 16 heavy (non-hydrogen) atoms. The van der Waals surface area contributed by atoms with Gasteiger partial charge in [0.15, 0.2) is 5.13 Å². The van der Waals surface area contributed by atoms with Crippen molar-refractivity contribution in [2.75, 3.05) is 39.1 Å². The van der Waals surface area contributed by atoms with Crippen LogP contribution >= 0.6 is 11.3 Å². The number of aliphatic hydroxyl groups is 1. The summed E-state index contributed by atoms with van der Waals surface area (Å²) in [6.07, 6.45) is 0. The number of ether oxygens (including phenoxy) is 1. The van der Waals surface area contributed by atoms with Gasteiger partial charge in [0.1, 0.15) is 5.69 Å². The van der Waals surface area contributed by atoms with E-state index in [4.69, 9.17) is 15.6 Å². The summed E-state index contributed by atoms with van der Waals surface area (Å²) >= 11 is 1.22. The summed E-state index contributed by atoms with van der Waals surface area (Å²) in [5.74, 6) is -0.237. The highest BCUT2D eigenvalue weighted by molar-refractivity contribution is 7.13. The lowest BCUT2D eigenvalue weighted by Crippen LogP contribution is -2.36. The van der Waals surface area contributed by atoms with E-state index < -0.39 is 0 Å². The zero-order chi connectivity index (χ0) is 12.0. The highest BCUT2D eigenvalue weighted by Gasteiger charge is 2.17. The topological polar surface area (TPSA) is 88.7 Å². The van der Waals surface area contributed by atoms with Crippen molar-refractivity contribution in [3.05, 3.63) is 11.1 Å². The number of hydrogen-bond donors (Lipinski definition) is 2. The number of nitrogens with two attached hydrogens (primary N) is 1. The first-order valence-corrected chi connectivity index (χ1v) is 5.67. The predicted molar refractivity (Wildman–Crippen MR) is 61.4 cm³/mol. The van der Waals surface area contributed by atoms with Crippen molar-refractivity contribution >= 4 is 22.4 Å². The number of aliphatic hydroxyl groups excluding tert-OH is 1. The first-order valence-electron chi connectivity index (χ1n) is 4.79. The van der Waals surface area contributed by atoms with Crippen LogP contribution in [0.4, 0.5) is 5.13 Å². The number of nitrogen functional groups attached to an aromatic ring is 1. The third kappa shape index (κ3) is 3.44. The lowest BCUT2D eigenvalue weighted by molar-refractivity contribution is 0.0651. The molecule has 1 aromatic rings. The van der Waals surface area contributed by atoms with Gasteiger partial charge in [-0.1, -0.05) is 0 Å². The van der Waals surface area contributed by atoms with Crippen molar-refractivity contribution in [1.82, 2.24) is 9.88 Å². The number of hydrogen-bond acceptors (Lipinski definition) is 6. The molecular formula is C9H15N3O3S. The minimum Gasteiger partial charge on any atom is -0.395 e. The molecule has 0 atom stereocenters. The van der Waals surface area contributed by atoms with Gasteiger partial charge in [0.25, 0.3) is 5.91 Å². The standard InChI is InChI=1S/C9H15N3O3S/c1-15-5-3-12(2-4-13)8(14)7-6-16-9(10)11-7/h6,13H,2-5H2,1H3,(H2,10,11). The Morgan fingerprint density at radius 2 is 2.44 bits per heavy atom. The summed E-state index contributed by atoms with van der Waals surface area (Å²) in [5.41, 5.74) is 5.77. The fourth-order valence-corrected chi connectivity index (χ4v) is 1.72. The normalized spacial score (nSPS) is 10.4. The lowest BCUT2D eigenvalue weighted by Gasteiger charge is -2.20. The van der Waals surface area contributed by atoms with Crippen LogP contribution in [0.1, 0.15) is 10.5 Å². The molecule has 90 valence electrons. The van der Waals surface area contributed by atoms with Crippen molar-refractivity contribution in [2.45, 2.75) is 0 Å². The second-order valence-corrected chi connectivity index (χ2v) is 3.97. The molecule has 6 nitrogen and oxygen atoms in total. The van der Waals surface area contributed by atoms with Crippen LogP contribution in [0.25, 0.3) is 0 Å². The molecule has 1 aromatic heterocycles. The van der Waals surface area contributed by atoms with Crippen LogP contribution < -0.4 is 5.73 Å². The Morgan fingerprint density at radius 1 is 1.69 bits per heavy atom. The van der Waals surface area contributed by atoms with Crippen LogP contribution in [-0.2, 0) is 4.74 Å². The Hall–Kier alpha value is -1.18. The van der Waals surface area contributed by atoms with Gasteiger partial charge in [0, 0.05) is 25.6 Å². The summed E-state index contributed by atoms with van der Waals surface area (Å²) in [7, 11) is 1.56. The van der Waals surface area contributed by atoms with Gasteiger partial charge in [-0.2, -0.15) is 0 Å². The molecule has 0 radical (unpaired) electrons. The molecule has 0 aliphatic carbocycles. The highest BCUT2D eigenvalue weighted by atomic mass is 32.1. The van der Waals surface area contributed by atoms with Gasteiger partial charge in [-0.25, -0.2) is 4.98 Å². The van der Waals surface area contributed by atoms with Crippen molar-refractivity contribution in [1.29, 1.82) is 0 Å². The average Bonchev–Trinajstić information content (AvgIpc) is 2.70. The van der Waals surface area contributed by atoms with E-state index in [2.05, 4.69) is 4.98 Å². The fraction of sp³-hybridized carbons (Fsp3) is 0.556. The molecular weight excluding hydrogens is 230 g/mol. The molecule has 7 heteroatoms. The van der Waals surface area contributed by atoms with Crippen LogP contribution in [0.3, 0.4) is 0 Å². The zero-order valence-corrected chi connectivity index (χ0v) is 9.87. The van der Waals surface area contributed by atoms with Crippen LogP contribution in [0.5, 0.6) is 0 Å². The maximum atomic E-state index is 11.9. The van der Waals surface area contributed by atoms with Gasteiger partial charge < -0.3 is 20.5 Å². The molecule has 1 heterocycles. The van der Waals surface area contributed by atoms with E-state index in [1.807, 2.05) is 0 Å². The number of thiazole rings is 1. The Balaban J connectivity index is 2.66. The summed E-state index contributed by atoms with van der Waals surface area (Å²) in [5, 5.41) is 10.8. The smallest absolute Gasteiger partial charge is 0.273 e. The lowest BCUT2D eigenvalue weighted by atomic mass is 10.4. The number of methoxy groups -OCH3 is 1. The largest absolute Gasteiger partial charge is 0.395 e. The second-order valence-electron chi connectivity index (χ2n) is 3.08. The van der Waals surface area contributed by atoms with Crippen LogP contribution in [0.15, 0.2) is 5.38 Å².